The molecule has 45 heavy (non-hydrogen) atoms. The number of rotatable bonds is 7. The SMILES string of the molecule is CC(=O)Cc1c(C)c2ccc(NC(=O)CC[C@@H](C)[C@H]3CC[C@H]4[C@@H]5[C@H](O)C[C@@H]6C[C@H](O)CC[C@]6(C)[C@H]5C[C@H](O)[C@]34C)cc2oc1=O. The summed E-state index contributed by atoms with van der Waals surface area (Å²) < 4.78 is 5.51. The Hall–Kier alpha value is -2.55. The van der Waals surface area contributed by atoms with Crippen molar-refractivity contribution in [1.29, 1.82) is 0 Å². The van der Waals surface area contributed by atoms with Crippen molar-refractivity contribution >= 4 is 28.3 Å². The Balaban J connectivity index is 1.12. The molecule has 11 atom stereocenters. The van der Waals surface area contributed by atoms with Crippen LogP contribution in [0.2, 0.25) is 0 Å². The van der Waals surface area contributed by atoms with Crippen molar-refractivity contribution in [3.05, 3.63) is 39.7 Å². The summed E-state index contributed by atoms with van der Waals surface area (Å²) in [7, 11) is 0. The van der Waals surface area contributed by atoms with Crippen LogP contribution in [0.15, 0.2) is 27.4 Å². The standard InChI is InChI=1S/C37H51NO7/c1-19(6-11-33(43)38-23-7-8-25-21(3)26(14-20(2)39)35(44)45-31(25)17-23)27-9-10-28-34-29(18-32(42)37(27,28)5)36(4)13-12-24(40)15-22(36)16-30(34)41/h7-8,17,19,22,24,27-30,32,34,40-42H,6,9-16,18H2,1-5H3,(H,38,43)/t19-,22+,24-,27-,28+,29+,30-,32+,34+,36+,37-/m1/s1. The summed E-state index contributed by atoms with van der Waals surface area (Å²) in [5.74, 6) is 1.26. The summed E-state index contributed by atoms with van der Waals surface area (Å²) in [6.45, 7) is 10.0. The number of aliphatic hydroxyl groups excluding tert-OH is 3. The lowest BCUT2D eigenvalue weighted by molar-refractivity contribution is -0.207. The minimum atomic E-state index is -0.528. The quantitative estimate of drug-likeness (QED) is 0.298. The predicted octanol–water partition coefficient (Wildman–Crippen LogP) is 5.55. The molecule has 4 fully saturated rings. The number of carbonyl (C=O) groups excluding carboxylic acids is 2. The third kappa shape index (κ3) is 5.48. The van der Waals surface area contributed by atoms with Crippen LogP contribution in [0.4, 0.5) is 5.69 Å². The molecular weight excluding hydrogens is 570 g/mol. The van der Waals surface area contributed by atoms with E-state index in [0.717, 1.165) is 49.5 Å². The maximum Gasteiger partial charge on any atom is 0.340 e. The minimum absolute atomic E-state index is 0.0330. The van der Waals surface area contributed by atoms with Crippen LogP contribution in [0.5, 0.6) is 0 Å². The Morgan fingerprint density at radius 2 is 1.82 bits per heavy atom. The molecule has 1 aromatic heterocycles. The Morgan fingerprint density at radius 1 is 1.07 bits per heavy atom. The highest BCUT2D eigenvalue weighted by molar-refractivity contribution is 5.94. The number of fused-ring (bicyclic) bond motifs is 6. The number of amides is 1. The number of hydrogen-bond donors (Lipinski definition) is 4. The van der Waals surface area contributed by atoms with Crippen LogP contribution in [0.25, 0.3) is 11.0 Å². The zero-order valence-corrected chi connectivity index (χ0v) is 27.5. The number of hydrogen-bond acceptors (Lipinski definition) is 7. The number of ketones is 1. The highest BCUT2D eigenvalue weighted by Gasteiger charge is 2.65. The molecule has 4 aliphatic carbocycles. The first-order chi connectivity index (χ1) is 21.2. The summed E-state index contributed by atoms with van der Waals surface area (Å²) in [4.78, 5) is 37.2. The molecule has 8 nitrogen and oxygen atoms in total. The molecule has 0 saturated heterocycles. The van der Waals surface area contributed by atoms with Gasteiger partial charge < -0.3 is 25.1 Å². The lowest BCUT2D eigenvalue weighted by Crippen LogP contribution is -2.62. The van der Waals surface area contributed by atoms with Crippen LogP contribution < -0.4 is 10.9 Å². The molecule has 1 amide bonds. The van der Waals surface area contributed by atoms with E-state index in [1.165, 1.54) is 6.92 Å². The van der Waals surface area contributed by atoms with Gasteiger partial charge in [0.25, 0.3) is 0 Å². The zero-order chi connectivity index (χ0) is 32.4. The average molecular weight is 622 g/mol. The molecule has 1 aromatic carbocycles. The Labute approximate surface area is 266 Å². The van der Waals surface area contributed by atoms with Crippen LogP contribution in [-0.4, -0.2) is 45.3 Å². The molecule has 1 heterocycles. The van der Waals surface area contributed by atoms with E-state index in [4.69, 9.17) is 4.42 Å². The van der Waals surface area contributed by atoms with Gasteiger partial charge in [0.05, 0.1) is 18.3 Å². The molecule has 4 N–H and O–H groups in total. The number of Topliss-reactive ketones (excluding diaryl/α,β-unsaturated/α-hetero) is 1. The normalized spacial score (nSPS) is 38.2. The van der Waals surface area contributed by atoms with Crippen molar-refractivity contribution < 1.29 is 29.3 Å². The van der Waals surface area contributed by atoms with Gasteiger partial charge in [0.1, 0.15) is 11.4 Å². The molecule has 0 unspecified atom stereocenters. The molecule has 2 aromatic rings. The molecule has 4 saturated carbocycles. The van der Waals surface area contributed by atoms with E-state index >= 15 is 0 Å². The predicted molar refractivity (Wildman–Crippen MR) is 173 cm³/mol. The fraction of sp³-hybridized carbons (Fsp3) is 0.703. The van der Waals surface area contributed by atoms with Gasteiger partial charge in [-0.15, -0.1) is 0 Å². The Bertz CT molecular complexity index is 1530. The van der Waals surface area contributed by atoms with E-state index in [9.17, 15) is 29.7 Å². The van der Waals surface area contributed by atoms with Crippen LogP contribution in [0.1, 0.15) is 96.6 Å². The first-order valence-electron chi connectivity index (χ1n) is 17.1. The number of nitrogens with one attached hydrogen (secondary N) is 1. The van der Waals surface area contributed by atoms with Gasteiger partial charge in [-0.25, -0.2) is 4.79 Å². The smallest absolute Gasteiger partial charge is 0.340 e. The van der Waals surface area contributed by atoms with Crippen LogP contribution in [-0.2, 0) is 16.0 Å². The lowest BCUT2D eigenvalue weighted by atomic mass is 9.43. The molecule has 0 aliphatic heterocycles. The van der Waals surface area contributed by atoms with Gasteiger partial charge in [0.15, 0.2) is 0 Å². The molecule has 0 bridgehead atoms. The van der Waals surface area contributed by atoms with Crippen molar-refractivity contribution in [1.82, 2.24) is 0 Å². The van der Waals surface area contributed by atoms with Crippen molar-refractivity contribution in [2.75, 3.05) is 5.32 Å². The number of aryl methyl sites for hydroxylation is 1. The van der Waals surface area contributed by atoms with E-state index in [1.807, 2.05) is 13.0 Å². The summed E-state index contributed by atoms with van der Waals surface area (Å²) in [6, 6.07) is 5.26. The number of carbonyl (C=O) groups is 2. The highest BCUT2D eigenvalue weighted by Crippen LogP contribution is 2.68. The third-order valence-corrected chi connectivity index (χ3v) is 13.3. The van der Waals surface area contributed by atoms with Gasteiger partial charge in [-0.3, -0.25) is 9.59 Å². The van der Waals surface area contributed by atoms with Gasteiger partial charge in [0, 0.05) is 35.5 Å². The summed E-state index contributed by atoms with van der Waals surface area (Å²) in [5.41, 5.74) is 1.23. The van der Waals surface area contributed by atoms with Crippen LogP contribution in [0, 0.1) is 53.3 Å². The summed E-state index contributed by atoms with van der Waals surface area (Å²) >= 11 is 0. The average Bonchev–Trinajstić information content (AvgIpc) is 3.33. The summed E-state index contributed by atoms with van der Waals surface area (Å²) in [5, 5.41) is 37.4. The van der Waals surface area contributed by atoms with Gasteiger partial charge in [-0.05, 0) is 129 Å². The van der Waals surface area contributed by atoms with E-state index in [-0.39, 0.29) is 64.6 Å². The molecule has 4 aliphatic rings. The first kappa shape index (κ1) is 32.4. The van der Waals surface area contributed by atoms with Crippen molar-refractivity contribution in [3.8, 4) is 0 Å². The second-order valence-corrected chi connectivity index (χ2v) is 15.7. The lowest BCUT2D eigenvalue weighted by Gasteiger charge is -2.63. The molecule has 0 spiro atoms. The second kappa shape index (κ2) is 11.9. The highest BCUT2D eigenvalue weighted by atomic mass is 16.4. The Morgan fingerprint density at radius 3 is 2.56 bits per heavy atom. The van der Waals surface area contributed by atoms with Crippen LogP contribution in [0.3, 0.4) is 0 Å². The van der Waals surface area contributed by atoms with E-state index in [2.05, 4.69) is 26.1 Å². The fourth-order valence-corrected chi connectivity index (χ4v) is 10.8. The number of benzene rings is 1. The maximum absolute atomic E-state index is 13.1. The Kier molecular flexibility index (Phi) is 8.58. The molecule has 246 valence electrons. The van der Waals surface area contributed by atoms with Crippen molar-refractivity contribution in [2.45, 2.75) is 117 Å². The fourth-order valence-electron chi connectivity index (χ4n) is 10.8. The van der Waals surface area contributed by atoms with Gasteiger partial charge >= 0.3 is 5.63 Å². The van der Waals surface area contributed by atoms with E-state index in [1.54, 1.807) is 12.1 Å². The maximum atomic E-state index is 13.1. The molecule has 8 heteroatoms. The number of aliphatic hydroxyl groups is 3. The first-order valence-corrected chi connectivity index (χ1v) is 17.1. The minimum Gasteiger partial charge on any atom is -0.422 e. The largest absolute Gasteiger partial charge is 0.422 e. The second-order valence-electron chi connectivity index (χ2n) is 15.7. The topological polar surface area (TPSA) is 137 Å². The monoisotopic (exact) mass is 621 g/mol. The van der Waals surface area contributed by atoms with Gasteiger partial charge in [-0.1, -0.05) is 20.8 Å². The van der Waals surface area contributed by atoms with Gasteiger partial charge in [0.2, 0.25) is 5.91 Å². The molecule has 6 rings (SSSR count). The molecule has 0 radical (unpaired) electrons. The van der Waals surface area contributed by atoms with Gasteiger partial charge in [-0.2, -0.15) is 0 Å². The molecular formula is C37H51NO7. The number of anilines is 1. The van der Waals surface area contributed by atoms with E-state index < -0.39 is 17.8 Å². The van der Waals surface area contributed by atoms with Crippen molar-refractivity contribution in [3.63, 3.8) is 0 Å². The van der Waals surface area contributed by atoms with Crippen molar-refractivity contribution in [2.24, 2.45) is 46.3 Å². The third-order valence-electron chi connectivity index (χ3n) is 13.3. The summed E-state index contributed by atoms with van der Waals surface area (Å²) in [6.07, 6.45) is 5.89. The van der Waals surface area contributed by atoms with Crippen LogP contribution >= 0.6 is 0 Å². The van der Waals surface area contributed by atoms with E-state index in [0.29, 0.717) is 42.0 Å². The zero-order valence-electron chi connectivity index (χ0n) is 27.5.